The second-order valence-electron chi connectivity index (χ2n) is 4.56. The first-order valence-corrected chi connectivity index (χ1v) is 5.87. The van der Waals surface area contributed by atoms with Gasteiger partial charge in [0.15, 0.2) is 0 Å². The number of nitrogens with two attached hydrogens (primary N) is 1. The van der Waals surface area contributed by atoms with E-state index in [4.69, 9.17) is 10.9 Å². The van der Waals surface area contributed by atoms with Crippen LogP contribution >= 0.6 is 0 Å². The molecule has 2 atom stereocenters. The van der Waals surface area contributed by atoms with Crippen LogP contribution in [0.2, 0.25) is 0 Å². The third-order valence-corrected chi connectivity index (χ3v) is 3.35. The van der Waals surface area contributed by atoms with Crippen LogP contribution in [0.15, 0.2) is 5.16 Å². The van der Waals surface area contributed by atoms with Gasteiger partial charge in [-0.25, -0.2) is 0 Å². The average molecular weight is 213 g/mol. The van der Waals surface area contributed by atoms with Crippen LogP contribution in [0.1, 0.15) is 46.0 Å². The monoisotopic (exact) mass is 213 g/mol. The minimum absolute atomic E-state index is 0.340. The molecule has 0 bridgehead atoms. The number of amidine groups is 1. The zero-order valence-corrected chi connectivity index (χ0v) is 9.82. The molecule has 4 heteroatoms. The molecule has 4 nitrogen and oxygen atoms in total. The van der Waals surface area contributed by atoms with Gasteiger partial charge in [-0.15, -0.1) is 0 Å². The van der Waals surface area contributed by atoms with Crippen LogP contribution in [0.5, 0.6) is 0 Å². The highest BCUT2D eigenvalue weighted by molar-refractivity contribution is 5.79. The van der Waals surface area contributed by atoms with E-state index in [-0.39, 0.29) is 0 Å². The van der Waals surface area contributed by atoms with Gasteiger partial charge in [0.25, 0.3) is 0 Å². The van der Waals surface area contributed by atoms with Gasteiger partial charge in [-0.3, -0.25) is 4.90 Å². The number of likely N-dealkylation sites (tertiary alicyclic amines) is 1. The number of rotatable bonds is 4. The van der Waals surface area contributed by atoms with Crippen molar-refractivity contribution >= 4 is 5.84 Å². The Morgan fingerprint density at radius 3 is 2.53 bits per heavy atom. The van der Waals surface area contributed by atoms with Crippen LogP contribution in [0, 0.1) is 0 Å². The van der Waals surface area contributed by atoms with E-state index < -0.39 is 0 Å². The highest BCUT2D eigenvalue weighted by atomic mass is 16.4. The molecule has 0 radical (unpaired) electrons. The number of hydrogen-bond donors (Lipinski definition) is 2. The quantitative estimate of drug-likeness (QED) is 0.324. The molecule has 15 heavy (non-hydrogen) atoms. The van der Waals surface area contributed by atoms with Crippen molar-refractivity contribution in [3.05, 3.63) is 0 Å². The van der Waals surface area contributed by atoms with Crippen molar-refractivity contribution in [1.82, 2.24) is 4.90 Å². The Bertz CT molecular complexity index is 208. The third kappa shape index (κ3) is 3.70. The molecule has 0 aromatic rings. The van der Waals surface area contributed by atoms with E-state index in [0.29, 0.717) is 24.3 Å². The van der Waals surface area contributed by atoms with Crippen LogP contribution in [-0.2, 0) is 0 Å². The maximum Gasteiger partial charge on any atom is 0.139 e. The average Bonchev–Trinajstić information content (AvgIpc) is 2.22. The molecule has 0 saturated carbocycles. The van der Waals surface area contributed by atoms with Crippen molar-refractivity contribution in [3.63, 3.8) is 0 Å². The van der Waals surface area contributed by atoms with Crippen LogP contribution in [0.3, 0.4) is 0 Å². The van der Waals surface area contributed by atoms with E-state index in [9.17, 15) is 0 Å². The summed E-state index contributed by atoms with van der Waals surface area (Å²) in [6.45, 7) is 5.64. The number of hydrogen-bond acceptors (Lipinski definition) is 3. The standard InChI is InChI=1S/C11H23N3O/c1-9-5-3-6-10(2)14(9)8-4-7-11(12)13-15/h9-10,15H,3-8H2,1-2H3,(H2,12,13). The maximum atomic E-state index is 8.43. The van der Waals surface area contributed by atoms with E-state index in [1.807, 2.05) is 0 Å². The summed E-state index contributed by atoms with van der Waals surface area (Å²) in [4.78, 5) is 2.54. The van der Waals surface area contributed by atoms with Crippen molar-refractivity contribution in [3.8, 4) is 0 Å². The summed E-state index contributed by atoms with van der Waals surface area (Å²) in [5.41, 5.74) is 5.44. The summed E-state index contributed by atoms with van der Waals surface area (Å²) in [6, 6.07) is 1.36. The highest BCUT2D eigenvalue weighted by Gasteiger charge is 2.23. The molecular formula is C11H23N3O. The summed E-state index contributed by atoms with van der Waals surface area (Å²) >= 11 is 0. The third-order valence-electron chi connectivity index (χ3n) is 3.35. The predicted molar refractivity (Wildman–Crippen MR) is 62.1 cm³/mol. The number of piperidine rings is 1. The lowest BCUT2D eigenvalue weighted by Crippen LogP contribution is -2.44. The van der Waals surface area contributed by atoms with Gasteiger partial charge in [0, 0.05) is 18.5 Å². The van der Waals surface area contributed by atoms with Gasteiger partial charge in [-0.2, -0.15) is 0 Å². The van der Waals surface area contributed by atoms with Gasteiger partial charge in [0.05, 0.1) is 0 Å². The van der Waals surface area contributed by atoms with Crippen LogP contribution in [0.4, 0.5) is 0 Å². The van der Waals surface area contributed by atoms with Crippen molar-refractivity contribution in [1.29, 1.82) is 0 Å². The molecule has 1 aliphatic heterocycles. The summed E-state index contributed by atoms with van der Waals surface area (Å²) in [5, 5.41) is 11.4. The van der Waals surface area contributed by atoms with Crippen LogP contribution < -0.4 is 5.73 Å². The Labute approximate surface area is 92.1 Å². The molecule has 1 rings (SSSR count). The van der Waals surface area contributed by atoms with Crippen molar-refractivity contribution in [2.45, 2.75) is 58.0 Å². The fourth-order valence-electron chi connectivity index (χ4n) is 2.41. The molecule has 3 N–H and O–H groups in total. The molecule has 0 aromatic carbocycles. The van der Waals surface area contributed by atoms with Gasteiger partial charge in [0.1, 0.15) is 5.84 Å². The molecule has 1 fully saturated rings. The zero-order chi connectivity index (χ0) is 11.3. The topological polar surface area (TPSA) is 61.8 Å². The summed E-state index contributed by atoms with van der Waals surface area (Å²) in [6.07, 6.45) is 5.61. The molecule has 0 aromatic heterocycles. The molecule has 1 saturated heterocycles. The van der Waals surface area contributed by atoms with Gasteiger partial charge in [-0.05, 0) is 39.7 Å². The smallest absolute Gasteiger partial charge is 0.139 e. The van der Waals surface area contributed by atoms with Crippen molar-refractivity contribution in [2.24, 2.45) is 10.9 Å². The Hall–Kier alpha value is -0.770. The first-order chi connectivity index (χ1) is 7.15. The maximum absolute atomic E-state index is 8.43. The lowest BCUT2D eigenvalue weighted by Gasteiger charge is -2.39. The molecule has 0 spiro atoms. The molecule has 1 aliphatic rings. The predicted octanol–water partition coefficient (Wildman–Crippen LogP) is 1.78. The van der Waals surface area contributed by atoms with Crippen LogP contribution in [-0.4, -0.2) is 34.6 Å². The molecule has 88 valence electrons. The van der Waals surface area contributed by atoms with E-state index in [1.165, 1.54) is 19.3 Å². The largest absolute Gasteiger partial charge is 0.409 e. The molecule has 2 unspecified atom stereocenters. The van der Waals surface area contributed by atoms with E-state index in [1.54, 1.807) is 0 Å². The molecule has 0 amide bonds. The molecular weight excluding hydrogens is 190 g/mol. The zero-order valence-electron chi connectivity index (χ0n) is 9.82. The summed E-state index contributed by atoms with van der Waals surface area (Å²) < 4.78 is 0. The second-order valence-corrected chi connectivity index (χ2v) is 4.56. The SMILES string of the molecule is CC1CCCC(C)N1CCC/C(N)=N/O. The fraction of sp³-hybridized carbons (Fsp3) is 0.909. The first kappa shape index (κ1) is 12.3. The van der Waals surface area contributed by atoms with Gasteiger partial charge in [0.2, 0.25) is 0 Å². The Morgan fingerprint density at radius 2 is 2.00 bits per heavy atom. The van der Waals surface area contributed by atoms with Crippen molar-refractivity contribution < 1.29 is 5.21 Å². The first-order valence-electron chi connectivity index (χ1n) is 5.87. The summed E-state index contributed by atoms with van der Waals surface area (Å²) in [7, 11) is 0. The Morgan fingerprint density at radius 1 is 1.40 bits per heavy atom. The van der Waals surface area contributed by atoms with Gasteiger partial charge >= 0.3 is 0 Å². The minimum Gasteiger partial charge on any atom is -0.409 e. The van der Waals surface area contributed by atoms with E-state index in [2.05, 4.69) is 23.9 Å². The number of oxime groups is 1. The fourth-order valence-corrected chi connectivity index (χ4v) is 2.41. The molecule has 1 heterocycles. The minimum atomic E-state index is 0.340. The molecule has 0 aliphatic carbocycles. The lowest BCUT2D eigenvalue weighted by atomic mass is 9.97. The van der Waals surface area contributed by atoms with Crippen LogP contribution in [0.25, 0.3) is 0 Å². The highest BCUT2D eigenvalue weighted by Crippen LogP contribution is 2.22. The van der Waals surface area contributed by atoms with Gasteiger partial charge < -0.3 is 10.9 Å². The Balaban J connectivity index is 2.29. The normalized spacial score (nSPS) is 29.3. The van der Waals surface area contributed by atoms with Gasteiger partial charge in [-0.1, -0.05) is 11.6 Å². The van der Waals surface area contributed by atoms with E-state index in [0.717, 1.165) is 13.0 Å². The van der Waals surface area contributed by atoms with E-state index >= 15 is 0 Å². The number of nitrogens with zero attached hydrogens (tertiary/aromatic N) is 2. The lowest BCUT2D eigenvalue weighted by molar-refractivity contribution is 0.103. The summed E-state index contributed by atoms with van der Waals surface area (Å²) in [5.74, 6) is 0.340. The second kappa shape index (κ2) is 5.95. The van der Waals surface area contributed by atoms with Crippen molar-refractivity contribution in [2.75, 3.05) is 6.54 Å². The Kier molecular flexibility index (Phi) is 4.88.